The van der Waals surface area contributed by atoms with Crippen LogP contribution in [0.2, 0.25) is 0 Å². The number of halogens is 1. The standard InChI is InChI=1S/C16H14BrN3O3/c17-13-5-3-11(4-6-13)14(7-8-15(21)22)19-20-16(23)12-2-1-9-18-10-12/h1-6,9-10H,7-8H2,(H,20,23)(H,21,22)/b19-14-. The van der Waals surface area contributed by atoms with Crippen LogP contribution >= 0.6 is 15.9 Å². The summed E-state index contributed by atoms with van der Waals surface area (Å²) in [5.41, 5.74) is 4.07. The van der Waals surface area contributed by atoms with Gasteiger partial charge in [-0.25, -0.2) is 5.43 Å². The molecule has 1 aromatic carbocycles. The normalized spacial score (nSPS) is 11.1. The minimum Gasteiger partial charge on any atom is -0.481 e. The fourth-order valence-corrected chi connectivity index (χ4v) is 2.08. The summed E-state index contributed by atoms with van der Waals surface area (Å²) in [5.74, 6) is -1.32. The van der Waals surface area contributed by atoms with Crippen LogP contribution in [0.15, 0.2) is 58.4 Å². The first kappa shape index (κ1) is 16.8. The molecule has 2 rings (SSSR count). The zero-order chi connectivity index (χ0) is 16.7. The molecule has 2 aromatic rings. The van der Waals surface area contributed by atoms with E-state index in [4.69, 9.17) is 5.11 Å². The van der Waals surface area contributed by atoms with E-state index in [1.807, 2.05) is 12.1 Å². The number of benzene rings is 1. The molecule has 1 amide bonds. The number of carbonyl (C=O) groups is 2. The molecule has 0 saturated heterocycles. The topological polar surface area (TPSA) is 91.6 Å². The van der Waals surface area contributed by atoms with Crippen LogP contribution in [0.4, 0.5) is 0 Å². The molecule has 6 nitrogen and oxygen atoms in total. The average molecular weight is 376 g/mol. The Morgan fingerprint density at radius 2 is 1.87 bits per heavy atom. The molecular formula is C16H14BrN3O3. The summed E-state index contributed by atoms with van der Waals surface area (Å²) in [4.78, 5) is 26.6. The fraction of sp³-hybridized carbons (Fsp3) is 0.125. The molecule has 118 valence electrons. The Morgan fingerprint density at radius 1 is 1.13 bits per heavy atom. The Hall–Kier alpha value is -2.54. The van der Waals surface area contributed by atoms with Crippen LogP contribution in [-0.2, 0) is 4.79 Å². The van der Waals surface area contributed by atoms with Gasteiger partial charge in [-0.2, -0.15) is 5.10 Å². The largest absolute Gasteiger partial charge is 0.481 e. The smallest absolute Gasteiger partial charge is 0.303 e. The number of hydrogen-bond donors (Lipinski definition) is 2. The second-order valence-corrected chi connectivity index (χ2v) is 5.56. The van der Waals surface area contributed by atoms with Crippen LogP contribution in [-0.4, -0.2) is 27.7 Å². The molecule has 0 spiro atoms. The average Bonchev–Trinajstić information content (AvgIpc) is 2.56. The van der Waals surface area contributed by atoms with E-state index in [0.29, 0.717) is 11.3 Å². The number of aromatic nitrogens is 1. The SMILES string of the molecule is O=C(O)CC/C(=N/NC(=O)c1cccnc1)c1ccc(Br)cc1. The lowest BCUT2D eigenvalue weighted by molar-refractivity contribution is -0.136. The first-order valence-corrected chi connectivity index (χ1v) is 7.60. The molecule has 0 bridgehead atoms. The van der Waals surface area contributed by atoms with Crippen molar-refractivity contribution in [2.24, 2.45) is 5.10 Å². The van der Waals surface area contributed by atoms with E-state index in [1.54, 1.807) is 30.5 Å². The minimum atomic E-state index is -0.923. The lowest BCUT2D eigenvalue weighted by atomic mass is 10.1. The third-order valence-corrected chi connectivity index (χ3v) is 3.50. The Morgan fingerprint density at radius 3 is 2.48 bits per heavy atom. The van der Waals surface area contributed by atoms with Crippen molar-refractivity contribution in [1.82, 2.24) is 10.4 Å². The van der Waals surface area contributed by atoms with E-state index in [2.05, 4.69) is 31.4 Å². The lowest BCUT2D eigenvalue weighted by Gasteiger charge is -2.07. The molecule has 0 aliphatic carbocycles. The highest BCUT2D eigenvalue weighted by Gasteiger charge is 2.09. The van der Waals surface area contributed by atoms with Gasteiger partial charge in [0.15, 0.2) is 0 Å². The third-order valence-electron chi connectivity index (χ3n) is 2.97. The van der Waals surface area contributed by atoms with Crippen LogP contribution in [0.1, 0.15) is 28.8 Å². The van der Waals surface area contributed by atoms with Crippen LogP contribution in [0.25, 0.3) is 0 Å². The summed E-state index contributed by atoms with van der Waals surface area (Å²) >= 11 is 3.34. The van der Waals surface area contributed by atoms with E-state index in [1.165, 1.54) is 6.20 Å². The van der Waals surface area contributed by atoms with E-state index < -0.39 is 11.9 Å². The summed E-state index contributed by atoms with van der Waals surface area (Å²) in [5, 5.41) is 12.9. The maximum Gasteiger partial charge on any atom is 0.303 e. The van der Waals surface area contributed by atoms with Gasteiger partial charge in [0.2, 0.25) is 0 Å². The zero-order valence-electron chi connectivity index (χ0n) is 12.1. The Balaban J connectivity index is 2.17. The van der Waals surface area contributed by atoms with Crippen molar-refractivity contribution in [3.63, 3.8) is 0 Å². The van der Waals surface area contributed by atoms with Crippen molar-refractivity contribution in [1.29, 1.82) is 0 Å². The molecule has 7 heteroatoms. The fourth-order valence-electron chi connectivity index (χ4n) is 1.81. The summed E-state index contributed by atoms with van der Waals surface area (Å²) in [7, 11) is 0. The van der Waals surface area contributed by atoms with Gasteiger partial charge in [-0.1, -0.05) is 28.1 Å². The van der Waals surface area contributed by atoms with E-state index in [0.717, 1.165) is 10.0 Å². The number of carboxylic acids is 1. The number of carbonyl (C=O) groups excluding carboxylic acids is 1. The molecule has 0 aliphatic heterocycles. The van der Waals surface area contributed by atoms with Crippen molar-refractivity contribution in [2.75, 3.05) is 0 Å². The molecule has 0 radical (unpaired) electrons. The van der Waals surface area contributed by atoms with Gasteiger partial charge in [-0.15, -0.1) is 0 Å². The van der Waals surface area contributed by atoms with Crippen molar-refractivity contribution < 1.29 is 14.7 Å². The maximum absolute atomic E-state index is 12.0. The Labute approximate surface area is 141 Å². The Kier molecular flexibility index (Phi) is 5.99. The highest BCUT2D eigenvalue weighted by Crippen LogP contribution is 2.13. The van der Waals surface area contributed by atoms with Gasteiger partial charge in [-0.05, 0) is 29.8 Å². The monoisotopic (exact) mass is 375 g/mol. The molecule has 0 saturated carbocycles. The van der Waals surface area contributed by atoms with Crippen LogP contribution in [0, 0.1) is 0 Å². The number of nitrogens with zero attached hydrogens (tertiary/aromatic N) is 2. The van der Waals surface area contributed by atoms with Crippen molar-refractivity contribution >= 4 is 33.5 Å². The summed E-state index contributed by atoms with van der Waals surface area (Å²) in [6.07, 6.45) is 3.14. The number of pyridine rings is 1. The molecular weight excluding hydrogens is 362 g/mol. The molecule has 1 aromatic heterocycles. The highest BCUT2D eigenvalue weighted by molar-refractivity contribution is 9.10. The predicted molar refractivity (Wildman–Crippen MR) is 89.3 cm³/mol. The molecule has 1 heterocycles. The second kappa shape index (κ2) is 8.19. The number of hydrogen-bond acceptors (Lipinski definition) is 4. The van der Waals surface area contributed by atoms with Crippen molar-refractivity contribution in [3.05, 3.63) is 64.4 Å². The summed E-state index contributed by atoms with van der Waals surface area (Å²) < 4.78 is 0.901. The molecule has 23 heavy (non-hydrogen) atoms. The van der Waals surface area contributed by atoms with E-state index >= 15 is 0 Å². The van der Waals surface area contributed by atoms with Crippen molar-refractivity contribution in [2.45, 2.75) is 12.8 Å². The van der Waals surface area contributed by atoms with Gasteiger partial charge >= 0.3 is 5.97 Å². The summed E-state index contributed by atoms with van der Waals surface area (Å²) in [6.45, 7) is 0. The number of aliphatic carboxylic acids is 1. The number of amides is 1. The molecule has 0 atom stereocenters. The van der Waals surface area contributed by atoms with Crippen molar-refractivity contribution in [3.8, 4) is 0 Å². The number of carboxylic acid groups (broad SMARTS) is 1. The van der Waals surface area contributed by atoms with Gasteiger partial charge in [-0.3, -0.25) is 14.6 Å². The van der Waals surface area contributed by atoms with Crippen LogP contribution < -0.4 is 5.43 Å². The quantitative estimate of drug-likeness (QED) is 0.599. The van der Waals surface area contributed by atoms with Crippen LogP contribution in [0.3, 0.4) is 0 Å². The predicted octanol–water partition coefficient (Wildman–Crippen LogP) is 2.84. The summed E-state index contributed by atoms with van der Waals surface area (Å²) in [6, 6.07) is 10.5. The number of nitrogens with one attached hydrogen (secondary N) is 1. The highest BCUT2D eigenvalue weighted by atomic mass is 79.9. The van der Waals surface area contributed by atoms with Gasteiger partial charge < -0.3 is 5.11 Å². The maximum atomic E-state index is 12.0. The molecule has 0 unspecified atom stereocenters. The second-order valence-electron chi connectivity index (χ2n) is 4.64. The van der Waals surface area contributed by atoms with Gasteiger partial charge in [0.05, 0.1) is 17.7 Å². The van der Waals surface area contributed by atoms with Gasteiger partial charge in [0.25, 0.3) is 5.91 Å². The molecule has 2 N–H and O–H groups in total. The lowest BCUT2D eigenvalue weighted by Crippen LogP contribution is -2.20. The van der Waals surface area contributed by atoms with Crippen LogP contribution in [0.5, 0.6) is 0 Å². The minimum absolute atomic E-state index is 0.0718. The Bertz CT molecular complexity index is 715. The van der Waals surface area contributed by atoms with Gasteiger partial charge in [0.1, 0.15) is 0 Å². The zero-order valence-corrected chi connectivity index (χ0v) is 13.7. The first-order valence-electron chi connectivity index (χ1n) is 6.81. The van der Waals surface area contributed by atoms with E-state index in [-0.39, 0.29) is 12.8 Å². The number of rotatable bonds is 6. The molecule has 0 aliphatic rings. The first-order chi connectivity index (χ1) is 11.1. The van der Waals surface area contributed by atoms with E-state index in [9.17, 15) is 9.59 Å². The number of hydrazone groups is 1. The molecule has 0 fully saturated rings. The van der Waals surface area contributed by atoms with Gasteiger partial charge in [0, 0.05) is 23.3 Å². The third kappa shape index (κ3) is 5.30.